The van der Waals surface area contributed by atoms with E-state index in [-0.39, 0.29) is 11.8 Å². The Morgan fingerprint density at radius 1 is 1.13 bits per heavy atom. The van der Waals surface area contributed by atoms with Gasteiger partial charge in [0.25, 0.3) is 0 Å². The third-order valence-corrected chi connectivity index (χ3v) is 6.67. The minimum atomic E-state index is -0.375. The van der Waals surface area contributed by atoms with E-state index in [1.807, 2.05) is 48.1 Å². The molecule has 4 aromatic rings. The Kier molecular flexibility index (Phi) is 5.69. The van der Waals surface area contributed by atoms with Crippen molar-refractivity contribution in [2.75, 3.05) is 12.9 Å². The van der Waals surface area contributed by atoms with Gasteiger partial charge in [0.1, 0.15) is 16.2 Å². The number of Topliss-reactive ketones (excluding diaryl/α,β-unsaturated/α-hetero) is 1. The maximum absolute atomic E-state index is 13.0. The van der Waals surface area contributed by atoms with Gasteiger partial charge in [-0.25, -0.2) is 14.8 Å². The van der Waals surface area contributed by atoms with Crippen LogP contribution >= 0.6 is 23.1 Å². The highest BCUT2D eigenvalue weighted by Gasteiger charge is 2.18. The largest absolute Gasteiger partial charge is 0.465 e. The number of aromatic nitrogens is 3. The maximum Gasteiger partial charge on any atom is 0.337 e. The zero-order valence-corrected chi connectivity index (χ0v) is 18.3. The summed E-state index contributed by atoms with van der Waals surface area (Å²) in [4.78, 5) is 34.1. The first-order valence-electron chi connectivity index (χ1n) is 9.21. The van der Waals surface area contributed by atoms with E-state index in [0.717, 1.165) is 32.3 Å². The van der Waals surface area contributed by atoms with Gasteiger partial charge in [0, 0.05) is 28.0 Å². The standard InChI is InChI=1S/C22H19N3O3S2/c1-13-10-18(14(2)25(13)16-6-4-15(5-7-16)22(27)28-3)19(26)11-30-21-17-8-9-29-20(17)23-12-24-21/h4-10,12H,11H2,1-3H3. The number of rotatable bonds is 6. The fourth-order valence-electron chi connectivity index (χ4n) is 3.40. The summed E-state index contributed by atoms with van der Waals surface area (Å²) in [5, 5.41) is 3.78. The molecule has 0 unspecified atom stereocenters. The van der Waals surface area contributed by atoms with E-state index in [9.17, 15) is 9.59 Å². The Hall–Kier alpha value is -2.97. The highest BCUT2D eigenvalue weighted by molar-refractivity contribution is 8.00. The number of benzene rings is 1. The number of ether oxygens (including phenoxy) is 1. The van der Waals surface area contributed by atoms with Crippen molar-refractivity contribution in [1.29, 1.82) is 0 Å². The van der Waals surface area contributed by atoms with Crippen LogP contribution in [0.25, 0.3) is 15.9 Å². The molecule has 0 atom stereocenters. The lowest BCUT2D eigenvalue weighted by molar-refractivity contribution is 0.0600. The average molecular weight is 438 g/mol. The molecule has 0 radical (unpaired) electrons. The van der Waals surface area contributed by atoms with Gasteiger partial charge in [-0.3, -0.25) is 4.79 Å². The molecule has 3 aromatic heterocycles. The Morgan fingerprint density at radius 3 is 2.63 bits per heavy atom. The van der Waals surface area contributed by atoms with E-state index >= 15 is 0 Å². The normalized spacial score (nSPS) is 11.0. The molecule has 0 saturated carbocycles. The van der Waals surface area contributed by atoms with E-state index in [1.54, 1.807) is 23.5 Å². The first kappa shape index (κ1) is 20.3. The van der Waals surface area contributed by atoms with Crippen LogP contribution in [0.15, 0.2) is 53.1 Å². The zero-order chi connectivity index (χ0) is 21.3. The van der Waals surface area contributed by atoms with Crippen LogP contribution in [0.2, 0.25) is 0 Å². The van der Waals surface area contributed by atoms with Crippen LogP contribution < -0.4 is 0 Å². The van der Waals surface area contributed by atoms with Gasteiger partial charge in [0.05, 0.1) is 18.4 Å². The lowest BCUT2D eigenvalue weighted by Crippen LogP contribution is -2.06. The number of carbonyl (C=O) groups excluding carboxylic acids is 2. The van der Waals surface area contributed by atoms with E-state index in [4.69, 9.17) is 4.74 Å². The molecule has 0 aliphatic carbocycles. The van der Waals surface area contributed by atoms with E-state index in [2.05, 4.69) is 9.97 Å². The lowest BCUT2D eigenvalue weighted by atomic mass is 10.2. The molecule has 0 amide bonds. The molecule has 0 spiro atoms. The Labute approximate surface area is 181 Å². The number of nitrogens with zero attached hydrogens (tertiary/aromatic N) is 3. The molecule has 4 rings (SSSR count). The predicted octanol–water partition coefficient (Wildman–Crippen LogP) is 4.86. The Balaban J connectivity index is 1.56. The topological polar surface area (TPSA) is 74.1 Å². The van der Waals surface area contributed by atoms with Crippen molar-refractivity contribution in [2.45, 2.75) is 18.9 Å². The minimum absolute atomic E-state index is 0.0486. The Bertz CT molecular complexity index is 1240. The second-order valence-electron chi connectivity index (χ2n) is 6.69. The molecular weight excluding hydrogens is 418 g/mol. The van der Waals surface area contributed by atoms with Crippen molar-refractivity contribution < 1.29 is 14.3 Å². The molecular formula is C22H19N3O3S2. The van der Waals surface area contributed by atoms with E-state index < -0.39 is 0 Å². The summed E-state index contributed by atoms with van der Waals surface area (Å²) in [5.41, 5.74) is 3.88. The van der Waals surface area contributed by atoms with Crippen LogP contribution in [-0.4, -0.2) is 39.2 Å². The Morgan fingerprint density at radius 2 is 1.90 bits per heavy atom. The molecule has 0 N–H and O–H groups in total. The van der Waals surface area contributed by atoms with Crippen LogP contribution in [-0.2, 0) is 4.74 Å². The summed E-state index contributed by atoms with van der Waals surface area (Å²) in [6, 6.07) is 11.0. The molecule has 0 fully saturated rings. The van der Waals surface area contributed by atoms with Gasteiger partial charge in [0.15, 0.2) is 5.78 Å². The predicted molar refractivity (Wildman–Crippen MR) is 119 cm³/mol. The van der Waals surface area contributed by atoms with Crippen molar-refractivity contribution in [1.82, 2.24) is 14.5 Å². The molecule has 0 aliphatic rings. The van der Waals surface area contributed by atoms with Gasteiger partial charge in [-0.1, -0.05) is 11.8 Å². The number of carbonyl (C=O) groups is 2. The molecule has 152 valence electrons. The molecule has 6 nitrogen and oxygen atoms in total. The molecule has 1 aromatic carbocycles. The number of hydrogen-bond acceptors (Lipinski definition) is 7. The van der Waals surface area contributed by atoms with Gasteiger partial charge in [-0.05, 0) is 55.6 Å². The number of methoxy groups -OCH3 is 1. The molecule has 0 saturated heterocycles. The highest BCUT2D eigenvalue weighted by Crippen LogP contribution is 2.29. The summed E-state index contributed by atoms with van der Waals surface area (Å²) in [6.45, 7) is 3.89. The minimum Gasteiger partial charge on any atom is -0.465 e. The van der Waals surface area contributed by atoms with Crippen LogP contribution in [0.5, 0.6) is 0 Å². The third-order valence-electron chi connectivity index (χ3n) is 4.84. The molecule has 30 heavy (non-hydrogen) atoms. The molecule has 3 heterocycles. The van der Waals surface area contributed by atoms with Gasteiger partial charge in [-0.2, -0.15) is 0 Å². The molecule has 0 bridgehead atoms. The SMILES string of the molecule is COC(=O)c1ccc(-n2c(C)cc(C(=O)CSc3ncnc4sccc34)c2C)cc1. The van der Waals surface area contributed by atoms with Gasteiger partial charge < -0.3 is 9.30 Å². The summed E-state index contributed by atoms with van der Waals surface area (Å²) in [6.07, 6.45) is 1.54. The zero-order valence-electron chi connectivity index (χ0n) is 16.7. The smallest absolute Gasteiger partial charge is 0.337 e. The highest BCUT2D eigenvalue weighted by atomic mass is 32.2. The van der Waals surface area contributed by atoms with Crippen molar-refractivity contribution in [3.05, 3.63) is 70.6 Å². The number of aryl methyl sites for hydroxylation is 1. The van der Waals surface area contributed by atoms with Gasteiger partial charge in [0.2, 0.25) is 0 Å². The van der Waals surface area contributed by atoms with Crippen LogP contribution in [0.3, 0.4) is 0 Å². The number of ketones is 1. The number of esters is 1. The fraction of sp³-hybridized carbons (Fsp3) is 0.182. The van der Waals surface area contributed by atoms with E-state index in [0.29, 0.717) is 16.9 Å². The first-order chi connectivity index (χ1) is 14.5. The van der Waals surface area contributed by atoms with Gasteiger partial charge >= 0.3 is 5.97 Å². The number of fused-ring (bicyclic) bond motifs is 1. The molecule has 8 heteroatoms. The molecule has 0 aliphatic heterocycles. The van der Waals surface area contributed by atoms with Crippen molar-refractivity contribution >= 4 is 45.1 Å². The van der Waals surface area contributed by atoms with Crippen LogP contribution in [0.4, 0.5) is 0 Å². The average Bonchev–Trinajstić information content (AvgIpc) is 3.36. The van der Waals surface area contributed by atoms with Crippen molar-refractivity contribution in [3.8, 4) is 5.69 Å². The van der Waals surface area contributed by atoms with Gasteiger partial charge in [-0.15, -0.1) is 11.3 Å². The van der Waals surface area contributed by atoms with Crippen molar-refractivity contribution in [2.24, 2.45) is 0 Å². The summed E-state index contributed by atoms with van der Waals surface area (Å²) < 4.78 is 6.76. The monoisotopic (exact) mass is 437 g/mol. The number of thiophene rings is 1. The summed E-state index contributed by atoms with van der Waals surface area (Å²) in [7, 11) is 1.36. The quantitative estimate of drug-likeness (QED) is 0.186. The first-order valence-corrected chi connectivity index (χ1v) is 11.1. The summed E-state index contributed by atoms with van der Waals surface area (Å²) in [5.74, 6) is -0.0274. The number of hydrogen-bond donors (Lipinski definition) is 0. The number of thioether (sulfide) groups is 1. The lowest BCUT2D eigenvalue weighted by Gasteiger charge is -2.10. The van der Waals surface area contributed by atoms with Crippen LogP contribution in [0.1, 0.15) is 32.1 Å². The van der Waals surface area contributed by atoms with Crippen molar-refractivity contribution in [3.63, 3.8) is 0 Å². The third kappa shape index (κ3) is 3.76. The summed E-state index contributed by atoms with van der Waals surface area (Å²) >= 11 is 2.99. The second-order valence-corrected chi connectivity index (χ2v) is 8.55. The van der Waals surface area contributed by atoms with Crippen LogP contribution in [0, 0.1) is 13.8 Å². The fourth-order valence-corrected chi connectivity index (χ4v) is 5.06. The maximum atomic E-state index is 13.0. The van der Waals surface area contributed by atoms with E-state index in [1.165, 1.54) is 25.2 Å². The second kappa shape index (κ2) is 8.41.